The van der Waals surface area contributed by atoms with Crippen LogP contribution in [0.2, 0.25) is 0 Å². The topological polar surface area (TPSA) is 167 Å². The van der Waals surface area contributed by atoms with Crippen LogP contribution in [-0.4, -0.2) is 64.0 Å². The molecule has 0 aromatic carbocycles. The molecular weight excluding hydrogens is 482 g/mol. The Morgan fingerprint density at radius 1 is 1.17 bits per heavy atom. The molecule has 0 spiro atoms. The fourth-order valence-corrected chi connectivity index (χ4v) is 3.34. The van der Waals surface area contributed by atoms with E-state index in [9.17, 15) is 19.2 Å². The second-order valence-electron chi connectivity index (χ2n) is 10.00. The highest BCUT2D eigenvalue weighted by Crippen LogP contribution is 2.42. The number of rotatable bonds is 7. The highest BCUT2D eigenvalue weighted by atomic mass is 32.1. The molecule has 0 bridgehead atoms. The first-order valence-electron chi connectivity index (χ1n) is 10.9. The zero-order valence-electron chi connectivity index (χ0n) is 20.3. The van der Waals surface area contributed by atoms with E-state index in [1.807, 2.05) is 0 Å². The first kappa shape index (κ1) is 26.3. The number of esters is 1. The monoisotopic (exact) mass is 511 g/mol. The Labute approximate surface area is 205 Å². The van der Waals surface area contributed by atoms with Crippen molar-refractivity contribution in [3.63, 3.8) is 0 Å². The summed E-state index contributed by atoms with van der Waals surface area (Å²) in [6.07, 6.45) is 0.00265. The Balaban J connectivity index is 1.80. The van der Waals surface area contributed by atoms with E-state index in [1.165, 1.54) is 5.38 Å². The minimum Gasteiger partial charge on any atom is -0.457 e. The third-order valence-corrected chi connectivity index (χ3v) is 5.16. The van der Waals surface area contributed by atoms with E-state index in [2.05, 4.69) is 26.3 Å². The minimum atomic E-state index is -1.31. The smallest absolute Gasteiger partial charge is 0.413 e. The van der Waals surface area contributed by atoms with E-state index in [0.29, 0.717) is 12.8 Å². The van der Waals surface area contributed by atoms with Crippen LogP contribution in [0.3, 0.4) is 0 Å². The van der Waals surface area contributed by atoms with E-state index in [1.54, 1.807) is 41.5 Å². The highest BCUT2D eigenvalue weighted by molar-refractivity contribution is 7.14. The molecule has 3 rings (SSSR count). The van der Waals surface area contributed by atoms with Gasteiger partial charge in [-0.2, -0.15) is 0 Å². The molecule has 3 N–H and O–H groups in total. The van der Waals surface area contributed by atoms with Gasteiger partial charge in [0.1, 0.15) is 29.5 Å². The van der Waals surface area contributed by atoms with Crippen molar-refractivity contribution < 1.29 is 38.3 Å². The van der Waals surface area contributed by atoms with Gasteiger partial charge in [-0.15, -0.1) is 11.3 Å². The summed E-state index contributed by atoms with van der Waals surface area (Å²) in [7, 11) is 0. The van der Waals surface area contributed by atoms with Gasteiger partial charge in [-0.3, -0.25) is 19.7 Å². The molecule has 1 saturated heterocycles. The van der Waals surface area contributed by atoms with Gasteiger partial charge in [0.25, 0.3) is 11.8 Å². The van der Waals surface area contributed by atoms with E-state index in [-0.39, 0.29) is 23.1 Å². The summed E-state index contributed by atoms with van der Waals surface area (Å²) in [4.78, 5) is 63.9. The molecule has 1 aliphatic carbocycles. The molecule has 192 valence electrons. The number of anilines is 1. The average molecular weight is 512 g/mol. The van der Waals surface area contributed by atoms with Crippen LogP contribution in [0, 0.1) is 0 Å². The van der Waals surface area contributed by atoms with Crippen LogP contribution < -0.4 is 16.1 Å². The van der Waals surface area contributed by atoms with Gasteiger partial charge >= 0.3 is 12.1 Å². The maximum Gasteiger partial charge on any atom is 0.413 e. The number of oxime groups is 1. The number of carbonyl (C=O) groups excluding carboxylic acids is 4. The van der Waals surface area contributed by atoms with Gasteiger partial charge in [0, 0.05) is 18.2 Å². The Hall–Kier alpha value is -3.26. The van der Waals surface area contributed by atoms with E-state index in [0.717, 1.165) is 11.3 Å². The first-order valence-corrected chi connectivity index (χ1v) is 11.7. The maximum absolute atomic E-state index is 13.0. The number of hydrogen-bond donors (Lipinski definition) is 3. The summed E-state index contributed by atoms with van der Waals surface area (Å²) in [5.41, 5.74) is -0.853. The van der Waals surface area contributed by atoms with Crippen molar-refractivity contribution in [2.45, 2.75) is 77.2 Å². The molecule has 0 unspecified atom stereocenters. The Bertz CT molecular complexity index is 1040. The summed E-state index contributed by atoms with van der Waals surface area (Å²) in [6.45, 7) is 10.3. The molecule has 3 amide bonds. The number of thiazole rings is 1. The number of aromatic nitrogens is 1. The Kier molecular flexibility index (Phi) is 7.36. The summed E-state index contributed by atoms with van der Waals surface area (Å²) in [6, 6.07) is -0.952. The van der Waals surface area contributed by atoms with E-state index < -0.39 is 46.7 Å². The lowest BCUT2D eigenvalue weighted by Crippen LogP contribution is -2.45. The van der Waals surface area contributed by atoms with Crippen molar-refractivity contribution in [1.29, 1.82) is 0 Å². The number of ether oxygens (including phenoxy) is 2. The van der Waals surface area contributed by atoms with Crippen LogP contribution >= 0.6 is 11.3 Å². The normalized spacial score (nSPS) is 19.4. The molecular formula is C21H29N5O8S. The zero-order chi connectivity index (χ0) is 26.0. The predicted octanol–water partition coefficient (Wildman–Crippen LogP) is 1.63. The molecule has 13 nitrogen and oxygen atoms in total. The van der Waals surface area contributed by atoms with Gasteiger partial charge in [0.05, 0.1) is 0 Å². The standard InChI is InChI=1S/C21H29N5O8S/c1-19(2,3)32-16(29)21(7-8-21)34-25-13(15(28)22-11-9-31-26-14(11)27)12-10-35-17(23-12)24-18(30)33-20(4,5)6/h10-11H,7-9H2,1-6H3,(H,22,28)(H,26,27)(H,23,24,30)/b25-13-/t11-/m0/s1. The van der Waals surface area contributed by atoms with E-state index in [4.69, 9.17) is 19.1 Å². The van der Waals surface area contributed by atoms with Crippen molar-refractivity contribution in [2.75, 3.05) is 11.9 Å². The molecule has 1 atom stereocenters. The molecule has 1 aromatic rings. The van der Waals surface area contributed by atoms with Crippen molar-refractivity contribution in [3.05, 3.63) is 11.1 Å². The van der Waals surface area contributed by atoms with Crippen LogP contribution in [0.15, 0.2) is 10.5 Å². The fourth-order valence-electron chi connectivity index (χ4n) is 2.66. The van der Waals surface area contributed by atoms with Gasteiger partial charge in [-0.25, -0.2) is 20.1 Å². The summed E-state index contributed by atoms with van der Waals surface area (Å²) in [5, 5.41) is 10.5. The van der Waals surface area contributed by atoms with Crippen LogP contribution in [0.1, 0.15) is 60.1 Å². The molecule has 0 radical (unpaired) electrons. The molecule has 2 aliphatic rings. The van der Waals surface area contributed by atoms with Gasteiger partial charge in [-0.05, 0) is 41.5 Å². The third kappa shape index (κ3) is 7.36. The van der Waals surface area contributed by atoms with Gasteiger partial charge in [-0.1, -0.05) is 5.16 Å². The number of hydrogen-bond acceptors (Lipinski definition) is 11. The number of nitrogens with one attached hydrogen (secondary N) is 3. The van der Waals surface area contributed by atoms with Gasteiger partial charge in [0.15, 0.2) is 10.8 Å². The largest absolute Gasteiger partial charge is 0.457 e. The predicted molar refractivity (Wildman–Crippen MR) is 123 cm³/mol. The van der Waals surface area contributed by atoms with Crippen LogP contribution in [0.25, 0.3) is 0 Å². The molecule has 1 aromatic heterocycles. The quantitative estimate of drug-likeness (QED) is 0.280. The van der Waals surface area contributed by atoms with Crippen molar-refractivity contribution >= 4 is 46.1 Å². The molecule has 2 fully saturated rings. The first-order chi connectivity index (χ1) is 16.2. The molecule has 1 aliphatic heterocycles. The lowest BCUT2D eigenvalue weighted by atomic mass is 10.2. The van der Waals surface area contributed by atoms with Crippen molar-refractivity contribution in [2.24, 2.45) is 5.16 Å². The molecule has 2 heterocycles. The highest BCUT2D eigenvalue weighted by Gasteiger charge is 2.56. The second kappa shape index (κ2) is 9.77. The van der Waals surface area contributed by atoms with Crippen molar-refractivity contribution in [3.8, 4) is 0 Å². The SMILES string of the molecule is CC(C)(C)OC(=O)Nc1nc(/C(=N/OC2(C(=O)OC(C)(C)C)CC2)C(=O)N[C@H]2CONC2=O)cs1. The Morgan fingerprint density at radius 3 is 2.37 bits per heavy atom. The number of amides is 3. The summed E-state index contributed by atoms with van der Waals surface area (Å²) < 4.78 is 10.6. The fraction of sp³-hybridized carbons (Fsp3) is 0.619. The second-order valence-corrected chi connectivity index (χ2v) is 10.9. The van der Waals surface area contributed by atoms with E-state index >= 15 is 0 Å². The van der Waals surface area contributed by atoms with Gasteiger partial charge < -0.3 is 19.6 Å². The van der Waals surface area contributed by atoms with Crippen molar-refractivity contribution in [1.82, 2.24) is 15.8 Å². The van der Waals surface area contributed by atoms with Crippen LogP contribution in [0.5, 0.6) is 0 Å². The number of carbonyl (C=O) groups is 4. The number of hydroxylamine groups is 1. The minimum absolute atomic E-state index is 0.0536. The number of nitrogens with zero attached hydrogens (tertiary/aromatic N) is 2. The maximum atomic E-state index is 13.0. The summed E-state index contributed by atoms with van der Waals surface area (Å²) >= 11 is 1.02. The third-order valence-electron chi connectivity index (χ3n) is 4.40. The van der Waals surface area contributed by atoms with Crippen LogP contribution in [0.4, 0.5) is 9.93 Å². The molecule has 1 saturated carbocycles. The lowest BCUT2D eigenvalue weighted by molar-refractivity contribution is -0.172. The molecule has 35 heavy (non-hydrogen) atoms. The van der Waals surface area contributed by atoms with Crippen LogP contribution in [-0.2, 0) is 33.5 Å². The summed E-state index contributed by atoms with van der Waals surface area (Å²) in [5.74, 6) is -1.91. The average Bonchev–Trinajstić information content (AvgIpc) is 3.19. The zero-order valence-corrected chi connectivity index (χ0v) is 21.2. The Morgan fingerprint density at radius 2 is 1.83 bits per heavy atom. The molecule has 14 heteroatoms. The lowest BCUT2D eigenvalue weighted by Gasteiger charge is -2.22. The van der Waals surface area contributed by atoms with Gasteiger partial charge in [0.2, 0.25) is 5.60 Å².